The fourth-order valence-corrected chi connectivity index (χ4v) is 5.81. The number of nitrogens with zero attached hydrogens (tertiary/aromatic N) is 1. The van der Waals surface area contributed by atoms with Gasteiger partial charge in [-0.25, -0.2) is 9.36 Å². The number of likely N-dealkylation sites (N-methyl/N-ethyl adjacent to an activating group) is 1. The first-order valence-electron chi connectivity index (χ1n) is 18.0. The number of primary amides is 1. The Bertz CT molecular complexity index is 1470. The summed E-state index contributed by atoms with van der Waals surface area (Å²) in [6.07, 6.45) is -0.692. The van der Waals surface area contributed by atoms with Crippen molar-refractivity contribution in [1.29, 1.82) is 0 Å². The molecule has 18 nitrogen and oxygen atoms in total. The molecule has 19 heteroatoms. The van der Waals surface area contributed by atoms with Gasteiger partial charge >= 0.3 is 31.8 Å². The van der Waals surface area contributed by atoms with Crippen LogP contribution >= 0.6 is 7.82 Å². The lowest BCUT2D eigenvalue weighted by molar-refractivity contribution is -0.870. The van der Waals surface area contributed by atoms with Crippen molar-refractivity contribution in [3.05, 3.63) is 35.9 Å². The van der Waals surface area contributed by atoms with Gasteiger partial charge in [-0.1, -0.05) is 58.0 Å². The number of rotatable bonds is 26. The van der Waals surface area contributed by atoms with Gasteiger partial charge in [0.1, 0.15) is 52.2 Å². The molecule has 0 aliphatic carbocycles. The zero-order valence-electron chi connectivity index (χ0n) is 33.3. The molecule has 5 N–H and O–H groups in total. The third-order valence-corrected chi connectivity index (χ3v) is 9.97. The smallest absolute Gasteiger partial charge is 0.463 e. The Kier molecular flexibility index (Phi) is 20.5. The van der Waals surface area contributed by atoms with Gasteiger partial charge in [-0.15, -0.1) is 0 Å². The molecule has 0 aliphatic heterocycles. The quantitative estimate of drug-likeness (QED) is 0.0346. The number of ether oxygens (including phenoxy) is 4. The second-order valence-corrected chi connectivity index (χ2v) is 16.3. The van der Waals surface area contributed by atoms with Crippen molar-refractivity contribution >= 4 is 43.6 Å². The van der Waals surface area contributed by atoms with E-state index in [1.54, 1.807) is 51.1 Å². The van der Waals surface area contributed by atoms with E-state index in [1.807, 2.05) is 35.0 Å². The van der Waals surface area contributed by atoms with Gasteiger partial charge in [-0.05, 0) is 37.2 Å². The van der Waals surface area contributed by atoms with Crippen LogP contribution in [0.1, 0.15) is 65.9 Å². The summed E-state index contributed by atoms with van der Waals surface area (Å²) in [6, 6.07) is 7.60. The van der Waals surface area contributed by atoms with Crippen molar-refractivity contribution in [3.8, 4) is 0 Å². The molecule has 1 rings (SSSR count). The van der Waals surface area contributed by atoms with Crippen LogP contribution in [0.4, 0.5) is 4.79 Å². The first-order chi connectivity index (χ1) is 25.5. The highest BCUT2D eigenvalue weighted by atomic mass is 31.2. The van der Waals surface area contributed by atoms with Gasteiger partial charge in [0.15, 0.2) is 0 Å². The molecule has 3 amide bonds. The Morgan fingerprint density at radius 3 is 2.09 bits per heavy atom. The highest BCUT2D eigenvalue weighted by Crippen LogP contribution is 2.47. The van der Waals surface area contributed by atoms with E-state index in [9.17, 15) is 38.2 Å². The number of hydrogen-bond donors (Lipinski definition) is 4. The molecule has 0 radical (unpaired) electrons. The number of amides is 3. The van der Waals surface area contributed by atoms with E-state index in [0.29, 0.717) is 17.4 Å². The number of carbonyl (C=O) groups excluding carboxylic acids is 6. The Morgan fingerprint density at radius 1 is 0.891 bits per heavy atom. The molecule has 0 bridgehead atoms. The molecule has 0 aliphatic rings. The summed E-state index contributed by atoms with van der Waals surface area (Å²) < 4.78 is 43.3. The van der Waals surface area contributed by atoms with Crippen molar-refractivity contribution in [2.24, 2.45) is 22.5 Å². The molecule has 0 spiro atoms. The summed E-state index contributed by atoms with van der Waals surface area (Å²) in [5.41, 5.74) is 4.07. The van der Waals surface area contributed by atoms with Gasteiger partial charge in [-0.3, -0.25) is 33.0 Å². The van der Waals surface area contributed by atoms with Gasteiger partial charge < -0.3 is 44.7 Å². The fourth-order valence-electron chi connectivity index (χ4n) is 5.12. The maximum absolute atomic E-state index is 13.3. The molecule has 0 heterocycles. The molecule has 3 unspecified atom stereocenters. The number of benzene rings is 1. The van der Waals surface area contributed by atoms with E-state index >= 15 is 0 Å². The average Bonchev–Trinajstić information content (AvgIpc) is 3.10. The molecule has 0 saturated carbocycles. The first-order valence-corrected chi connectivity index (χ1v) is 19.5. The largest absolute Gasteiger partial charge is 0.472 e. The van der Waals surface area contributed by atoms with Gasteiger partial charge in [0.25, 0.3) is 0 Å². The summed E-state index contributed by atoms with van der Waals surface area (Å²) in [7, 11) is 1.40. The van der Waals surface area contributed by atoms with E-state index in [1.165, 1.54) is 0 Å². The summed E-state index contributed by atoms with van der Waals surface area (Å²) in [4.78, 5) is 84.5. The number of nitrogens with one attached hydrogen (secondary N) is 2. The Labute approximate surface area is 323 Å². The molecular formula is C36H60N4O14P+. The van der Waals surface area contributed by atoms with Crippen molar-refractivity contribution in [3.63, 3.8) is 0 Å². The van der Waals surface area contributed by atoms with E-state index in [-0.39, 0.29) is 58.9 Å². The predicted molar refractivity (Wildman–Crippen MR) is 198 cm³/mol. The number of hydrogen-bond acceptors (Lipinski definition) is 13. The maximum Gasteiger partial charge on any atom is 0.472 e. The Balaban J connectivity index is 2.55. The second-order valence-electron chi connectivity index (χ2n) is 14.8. The SMILES string of the molecule is CCC(C)(C(=O)OCCOC(=O)CNC(=O)[C@H](CCC(N)=O)NC(=O)OCc1ccccc1)C(C)(C)CC(C)C(=O)OCCOP(=O)(O)OCC[N+](C)(C)C. The standard InChI is InChI=1S/C36H59N4O14P/c1-9-36(5,35(3,4)23-26(2)32(44)50-21-22-54-55(47,48)53-18-17-40(6,7)8)33(45)51-20-19-49-30(42)24-38-31(43)28(15-16-29(37)41)39-34(46)52-25-27-13-11-10-12-14-27/h10-14,26,28H,9,15-25H2,1-8H3,(H4-,37,38,39,41,43,46,47,48)/p+1/t26?,28-,36?/m0/s1. The number of carbonyl (C=O) groups is 6. The zero-order valence-corrected chi connectivity index (χ0v) is 34.1. The minimum Gasteiger partial charge on any atom is -0.463 e. The number of alkyl carbamates (subject to hydrolysis) is 1. The Morgan fingerprint density at radius 2 is 1.49 bits per heavy atom. The molecule has 312 valence electrons. The minimum absolute atomic E-state index is 0.00515. The highest BCUT2D eigenvalue weighted by Gasteiger charge is 2.48. The second kappa shape index (κ2) is 23.1. The number of esters is 3. The van der Waals surface area contributed by atoms with Crippen LogP contribution in [-0.4, -0.2) is 119 Å². The summed E-state index contributed by atoms with van der Waals surface area (Å²) in [6.45, 7) is 7.41. The molecule has 4 atom stereocenters. The highest BCUT2D eigenvalue weighted by molar-refractivity contribution is 7.47. The Hall–Kier alpha value is -4.09. The molecule has 0 fully saturated rings. The van der Waals surface area contributed by atoms with Crippen LogP contribution < -0.4 is 16.4 Å². The van der Waals surface area contributed by atoms with Gasteiger partial charge in [0.2, 0.25) is 11.8 Å². The minimum atomic E-state index is -4.31. The summed E-state index contributed by atoms with van der Waals surface area (Å²) in [5, 5.41) is 4.69. The van der Waals surface area contributed by atoms with Crippen LogP contribution in [0.25, 0.3) is 0 Å². The van der Waals surface area contributed by atoms with Crippen LogP contribution in [0.2, 0.25) is 0 Å². The lowest BCUT2D eigenvalue weighted by atomic mass is 9.61. The van der Waals surface area contributed by atoms with Crippen LogP contribution in [0, 0.1) is 16.7 Å². The lowest BCUT2D eigenvalue weighted by Gasteiger charge is -2.42. The summed E-state index contributed by atoms with van der Waals surface area (Å²) >= 11 is 0. The number of nitrogens with two attached hydrogens (primary N) is 1. The van der Waals surface area contributed by atoms with Crippen molar-refractivity contribution in [2.75, 3.05) is 67.3 Å². The lowest BCUT2D eigenvalue weighted by Crippen LogP contribution is -2.48. The molecule has 0 saturated heterocycles. The van der Waals surface area contributed by atoms with Crippen molar-refractivity contribution in [2.45, 2.75) is 73.0 Å². The molecule has 55 heavy (non-hydrogen) atoms. The third kappa shape index (κ3) is 19.4. The predicted octanol–water partition coefficient (Wildman–Crippen LogP) is 2.60. The maximum atomic E-state index is 13.3. The topological polar surface area (TPSA) is 245 Å². The van der Waals surface area contributed by atoms with Crippen LogP contribution in [0.15, 0.2) is 30.3 Å². The molecule has 1 aromatic carbocycles. The van der Waals surface area contributed by atoms with Crippen molar-refractivity contribution in [1.82, 2.24) is 10.6 Å². The fraction of sp³-hybridized carbons (Fsp3) is 0.667. The van der Waals surface area contributed by atoms with Crippen molar-refractivity contribution < 1.29 is 70.7 Å². The number of quaternary nitrogens is 1. The number of phosphoric ester groups is 1. The van der Waals surface area contributed by atoms with E-state index in [0.717, 1.165) is 5.56 Å². The number of phosphoric acid groups is 1. The molecule has 1 aromatic rings. The molecular weight excluding hydrogens is 743 g/mol. The van der Waals surface area contributed by atoms with E-state index < -0.39 is 73.0 Å². The monoisotopic (exact) mass is 803 g/mol. The third-order valence-electron chi connectivity index (χ3n) is 8.96. The van der Waals surface area contributed by atoms with Crippen LogP contribution in [0.5, 0.6) is 0 Å². The zero-order chi connectivity index (χ0) is 41.9. The van der Waals surface area contributed by atoms with E-state index in [2.05, 4.69) is 10.6 Å². The normalized spacial score (nSPS) is 14.9. The summed E-state index contributed by atoms with van der Waals surface area (Å²) in [5.74, 6) is -4.14. The first kappa shape index (κ1) is 48.9. The van der Waals surface area contributed by atoms with Gasteiger partial charge in [-0.2, -0.15) is 0 Å². The van der Waals surface area contributed by atoms with Gasteiger partial charge in [0, 0.05) is 6.42 Å². The van der Waals surface area contributed by atoms with E-state index in [4.69, 9.17) is 33.7 Å². The molecule has 0 aromatic heterocycles. The van der Waals surface area contributed by atoms with Gasteiger partial charge in [0.05, 0.1) is 39.1 Å². The van der Waals surface area contributed by atoms with Crippen LogP contribution in [0.3, 0.4) is 0 Å². The average molecular weight is 804 g/mol. The van der Waals surface area contributed by atoms with Crippen LogP contribution in [-0.2, 0) is 63.1 Å².